The van der Waals surface area contributed by atoms with Crippen LogP contribution in [-0.4, -0.2) is 42.2 Å². The zero-order valence-electron chi connectivity index (χ0n) is 9.86. The van der Waals surface area contributed by atoms with Crippen LogP contribution in [0.25, 0.3) is 0 Å². The van der Waals surface area contributed by atoms with Crippen molar-refractivity contribution in [2.24, 2.45) is 0 Å². The van der Waals surface area contributed by atoms with Crippen LogP contribution < -0.4 is 0 Å². The topological polar surface area (TPSA) is 9.23 Å². The van der Waals surface area contributed by atoms with Gasteiger partial charge in [0, 0.05) is 12.8 Å². The number of quaternary nitrogens is 1. The molecule has 0 aromatic carbocycles. The second-order valence-electron chi connectivity index (χ2n) is 4.94. The highest BCUT2D eigenvalue weighted by molar-refractivity contribution is 7.80. The van der Waals surface area contributed by atoms with Gasteiger partial charge in [-0.25, -0.2) is 0 Å². The lowest BCUT2D eigenvalue weighted by Gasteiger charge is -2.43. The summed E-state index contributed by atoms with van der Waals surface area (Å²) in [6, 6.07) is 0. The van der Waals surface area contributed by atoms with Gasteiger partial charge in [-0.15, -0.1) is 12.6 Å². The number of thiol groups is 1. The number of rotatable bonds is 3. The summed E-state index contributed by atoms with van der Waals surface area (Å²) < 4.78 is 6.91. The summed E-state index contributed by atoms with van der Waals surface area (Å²) >= 11 is 4.56. The molecule has 0 aromatic heterocycles. The van der Waals surface area contributed by atoms with Crippen LogP contribution in [-0.2, 0) is 4.74 Å². The molecule has 1 saturated heterocycles. The standard InChI is InChI=1S/C11H23NOS/c1-9(2)13-11-5-7-12(4,8-6-11)10(3)14/h9-11H,5-8H2,1-4H3/p+1. The molecule has 1 fully saturated rings. The molecule has 0 spiro atoms. The van der Waals surface area contributed by atoms with Crippen LogP contribution in [0.5, 0.6) is 0 Å². The van der Waals surface area contributed by atoms with Gasteiger partial charge in [0.2, 0.25) is 0 Å². The third-order valence-electron chi connectivity index (χ3n) is 3.29. The molecule has 1 atom stereocenters. The van der Waals surface area contributed by atoms with Crippen LogP contribution in [0, 0.1) is 0 Å². The largest absolute Gasteiger partial charge is 0.375 e. The number of hydrogen-bond acceptors (Lipinski definition) is 2. The first-order chi connectivity index (χ1) is 6.44. The molecule has 3 heteroatoms. The Labute approximate surface area is 93.6 Å². The Bertz CT molecular complexity index is 174. The fourth-order valence-corrected chi connectivity index (χ4v) is 2.26. The summed E-state index contributed by atoms with van der Waals surface area (Å²) in [6.07, 6.45) is 3.21. The van der Waals surface area contributed by atoms with Crippen molar-refractivity contribution in [3.8, 4) is 0 Å². The number of likely N-dealkylation sites (tertiary alicyclic amines) is 1. The van der Waals surface area contributed by atoms with Crippen molar-refractivity contribution in [3.63, 3.8) is 0 Å². The maximum absolute atomic E-state index is 5.83. The molecule has 0 saturated carbocycles. The number of nitrogens with zero attached hydrogens (tertiary/aromatic N) is 1. The van der Waals surface area contributed by atoms with E-state index in [9.17, 15) is 0 Å². The molecule has 1 aliphatic rings. The van der Waals surface area contributed by atoms with Gasteiger partial charge in [0.15, 0.2) is 0 Å². The smallest absolute Gasteiger partial charge is 0.130 e. The van der Waals surface area contributed by atoms with Crippen molar-refractivity contribution in [1.82, 2.24) is 0 Å². The minimum absolute atomic E-state index is 0.366. The van der Waals surface area contributed by atoms with Crippen molar-refractivity contribution in [2.75, 3.05) is 20.1 Å². The van der Waals surface area contributed by atoms with Gasteiger partial charge in [-0.1, -0.05) is 0 Å². The zero-order valence-corrected chi connectivity index (χ0v) is 10.8. The highest BCUT2D eigenvalue weighted by atomic mass is 32.1. The molecule has 0 amide bonds. The normalized spacial score (nSPS) is 36.0. The predicted octanol–water partition coefficient (Wildman–Crippen LogP) is 2.30. The molecule has 84 valence electrons. The van der Waals surface area contributed by atoms with Gasteiger partial charge >= 0.3 is 0 Å². The van der Waals surface area contributed by atoms with Crippen LogP contribution in [0.3, 0.4) is 0 Å². The van der Waals surface area contributed by atoms with Crippen LogP contribution in [0.1, 0.15) is 33.6 Å². The summed E-state index contributed by atoms with van der Waals surface area (Å²) in [5, 5.41) is 0.440. The molecule has 0 radical (unpaired) electrons. The number of hydrogen-bond donors (Lipinski definition) is 1. The molecule has 1 heterocycles. The Morgan fingerprint density at radius 2 is 1.71 bits per heavy atom. The summed E-state index contributed by atoms with van der Waals surface area (Å²) in [5.41, 5.74) is 0. The van der Waals surface area contributed by atoms with Crippen molar-refractivity contribution < 1.29 is 9.22 Å². The molecule has 1 unspecified atom stereocenters. The molecule has 2 nitrogen and oxygen atoms in total. The molecule has 0 aliphatic carbocycles. The van der Waals surface area contributed by atoms with Crippen molar-refractivity contribution >= 4 is 12.6 Å². The van der Waals surface area contributed by atoms with Gasteiger partial charge in [-0.05, 0) is 20.8 Å². The quantitative estimate of drug-likeness (QED) is 0.565. The Hall–Kier alpha value is 0.270. The Kier molecular flexibility index (Phi) is 4.29. The van der Waals surface area contributed by atoms with E-state index in [-0.39, 0.29) is 0 Å². The van der Waals surface area contributed by atoms with E-state index in [0.29, 0.717) is 17.6 Å². The first-order valence-corrected chi connectivity index (χ1v) is 6.13. The lowest BCUT2D eigenvalue weighted by Crippen LogP contribution is -2.54. The third-order valence-corrected chi connectivity index (χ3v) is 3.85. The maximum atomic E-state index is 5.83. The number of ether oxygens (including phenoxy) is 1. The lowest BCUT2D eigenvalue weighted by molar-refractivity contribution is -0.922. The Morgan fingerprint density at radius 1 is 1.21 bits per heavy atom. The van der Waals surface area contributed by atoms with Gasteiger partial charge in [-0.2, -0.15) is 0 Å². The van der Waals surface area contributed by atoms with Crippen LogP contribution >= 0.6 is 12.6 Å². The molecule has 1 rings (SSSR count). The highest BCUT2D eigenvalue weighted by Crippen LogP contribution is 2.24. The summed E-state index contributed by atoms with van der Waals surface area (Å²) in [4.78, 5) is 0. The van der Waals surface area contributed by atoms with Crippen LogP contribution in [0.15, 0.2) is 0 Å². The monoisotopic (exact) mass is 218 g/mol. The fraction of sp³-hybridized carbons (Fsp3) is 1.00. The van der Waals surface area contributed by atoms with Crippen molar-refractivity contribution in [2.45, 2.75) is 51.2 Å². The third kappa shape index (κ3) is 3.14. The van der Waals surface area contributed by atoms with E-state index in [4.69, 9.17) is 4.74 Å². The van der Waals surface area contributed by atoms with Gasteiger partial charge in [0.05, 0.1) is 32.3 Å². The molecule has 14 heavy (non-hydrogen) atoms. The summed E-state index contributed by atoms with van der Waals surface area (Å²) in [5.74, 6) is 0. The Morgan fingerprint density at radius 3 is 2.07 bits per heavy atom. The summed E-state index contributed by atoms with van der Waals surface area (Å²) in [7, 11) is 2.29. The molecular formula is C11H24NOS+. The summed E-state index contributed by atoms with van der Waals surface area (Å²) in [6.45, 7) is 8.81. The van der Waals surface area contributed by atoms with Gasteiger partial charge in [0.1, 0.15) is 5.37 Å². The minimum atomic E-state index is 0.366. The van der Waals surface area contributed by atoms with Crippen molar-refractivity contribution in [3.05, 3.63) is 0 Å². The van der Waals surface area contributed by atoms with E-state index >= 15 is 0 Å². The SMILES string of the molecule is CC(C)OC1CC[N+](C)(C(C)S)CC1. The first-order valence-electron chi connectivity index (χ1n) is 5.62. The molecule has 0 N–H and O–H groups in total. The average molecular weight is 218 g/mol. The lowest BCUT2D eigenvalue weighted by atomic mass is 10.1. The molecular weight excluding hydrogens is 194 g/mol. The maximum Gasteiger partial charge on any atom is 0.130 e. The minimum Gasteiger partial charge on any atom is -0.375 e. The second kappa shape index (κ2) is 4.86. The van der Waals surface area contributed by atoms with Crippen LogP contribution in [0.4, 0.5) is 0 Å². The average Bonchev–Trinajstić information content (AvgIpc) is 2.08. The highest BCUT2D eigenvalue weighted by Gasteiger charge is 2.33. The second-order valence-corrected chi connectivity index (χ2v) is 5.69. The fourth-order valence-electron chi connectivity index (χ4n) is 2.03. The van der Waals surface area contributed by atoms with E-state index in [2.05, 4.69) is 40.4 Å². The van der Waals surface area contributed by atoms with E-state index in [1.165, 1.54) is 25.9 Å². The number of piperidine rings is 1. The van der Waals surface area contributed by atoms with Gasteiger partial charge in [-0.3, -0.25) is 0 Å². The van der Waals surface area contributed by atoms with E-state index in [1.807, 2.05) is 0 Å². The Balaban J connectivity index is 2.38. The predicted molar refractivity (Wildman–Crippen MR) is 63.6 cm³/mol. The van der Waals surface area contributed by atoms with E-state index < -0.39 is 0 Å². The van der Waals surface area contributed by atoms with Gasteiger partial charge < -0.3 is 9.22 Å². The van der Waals surface area contributed by atoms with Crippen LogP contribution in [0.2, 0.25) is 0 Å². The molecule has 0 aromatic rings. The van der Waals surface area contributed by atoms with Crippen molar-refractivity contribution in [1.29, 1.82) is 0 Å². The molecule has 0 bridgehead atoms. The first kappa shape index (κ1) is 12.3. The van der Waals surface area contributed by atoms with E-state index in [1.54, 1.807) is 0 Å². The molecule has 1 aliphatic heterocycles. The van der Waals surface area contributed by atoms with Gasteiger partial charge in [0.25, 0.3) is 0 Å². The van der Waals surface area contributed by atoms with E-state index in [0.717, 1.165) is 4.48 Å². The zero-order chi connectivity index (χ0) is 10.8.